The van der Waals surface area contributed by atoms with E-state index in [1.807, 2.05) is 0 Å². The maximum Gasteiger partial charge on any atom is 0.0686 e. The average molecular weight is 266 g/mol. The Balaban J connectivity index is 1.67. The fourth-order valence-electron chi connectivity index (χ4n) is 4.76. The first-order valence-corrected chi connectivity index (χ1v) is 8.35. The summed E-state index contributed by atoms with van der Waals surface area (Å²) in [4.78, 5) is 0. The molecular formula is C17H30O2. The molecule has 1 spiro atoms. The Labute approximate surface area is 117 Å². The van der Waals surface area contributed by atoms with Crippen molar-refractivity contribution >= 4 is 0 Å². The highest BCUT2D eigenvalue weighted by Crippen LogP contribution is 2.49. The number of hydrogen-bond donors (Lipinski definition) is 1. The molecule has 3 fully saturated rings. The molecule has 3 atom stereocenters. The van der Waals surface area contributed by atoms with Gasteiger partial charge in [0.25, 0.3) is 0 Å². The largest absolute Gasteiger partial charge is 0.393 e. The molecule has 3 unspecified atom stereocenters. The maximum absolute atomic E-state index is 10.9. The van der Waals surface area contributed by atoms with Gasteiger partial charge in [0, 0.05) is 6.61 Å². The fraction of sp³-hybridized carbons (Fsp3) is 1.00. The fourth-order valence-corrected chi connectivity index (χ4v) is 4.76. The second-order valence-electron chi connectivity index (χ2n) is 7.97. The first-order chi connectivity index (χ1) is 9.03. The van der Waals surface area contributed by atoms with Crippen molar-refractivity contribution in [3.63, 3.8) is 0 Å². The molecule has 19 heavy (non-hydrogen) atoms. The van der Waals surface area contributed by atoms with Crippen LogP contribution >= 0.6 is 0 Å². The average Bonchev–Trinajstić information content (AvgIpc) is 2.36. The van der Waals surface area contributed by atoms with Gasteiger partial charge < -0.3 is 9.84 Å². The Morgan fingerprint density at radius 3 is 2.47 bits per heavy atom. The van der Waals surface area contributed by atoms with Crippen molar-refractivity contribution in [1.29, 1.82) is 0 Å². The Bertz CT molecular complexity index is 319. The van der Waals surface area contributed by atoms with Crippen molar-refractivity contribution < 1.29 is 9.84 Å². The monoisotopic (exact) mass is 266 g/mol. The van der Waals surface area contributed by atoms with Gasteiger partial charge in [-0.3, -0.25) is 0 Å². The molecule has 0 amide bonds. The highest BCUT2D eigenvalue weighted by molar-refractivity contribution is 4.98. The summed E-state index contributed by atoms with van der Waals surface area (Å²) in [6.45, 7) is 5.59. The van der Waals surface area contributed by atoms with E-state index in [2.05, 4.69) is 13.8 Å². The van der Waals surface area contributed by atoms with Crippen LogP contribution in [0.1, 0.15) is 71.6 Å². The standard InChI is InChI=1S/C17H30O2/c1-16(2)8-4-3-6-14(16)15(18)13-7-11-19-17(12-13)9-5-10-17/h13-15,18H,3-12H2,1-2H3. The van der Waals surface area contributed by atoms with Gasteiger partial charge in [0.05, 0.1) is 11.7 Å². The lowest BCUT2D eigenvalue weighted by atomic mass is 9.62. The second-order valence-corrected chi connectivity index (χ2v) is 7.97. The van der Waals surface area contributed by atoms with Crippen LogP contribution < -0.4 is 0 Å². The molecule has 3 aliphatic rings. The quantitative estimate of drug-likeness (QED) is 0.821. The Kier molecular flexibility index (Phi) is 3.68. The lowest BCUT2D eigenvalue weighted by Gasteiger charge is -2.51. The van der Waals surface area contributed by atoms with E-state index in [0.717, 1.165) is 19.4 Å². The van der Waals surface area contributed by atoms with Crippen LogP contribution in [0.15, 0.2) is 0 Å². The van der Waals surface area contributed by atoms with E-state index in [-0.39, 0.29) is 11.7 Å². The van der Waals surface area contributed by atoms with Gasteiger partial charge in [-0.1, -0.05) is 26.7 Å². The van der Waals surface area contributed by atoms with Gasteiger partial charge in [0.15, 0.2) is 0 Å². The van der Waals surface area contributed by atoms with E-state index in [9.17, 15) is 5.11 Å². The van der Waals surface area contributed by atoms with Crippen molar-refractivity contribution in [3.05, 3.63) is 0 Å². The topological polar surface area (TPSA) is 29.5 Å². The predicted molar refractivity (Wildman–Crippen MR) is 77.0 cm³/mol. The summed E-state index contributed by atoms with van der Waals surface area (Å²) in [6, 6.07) is 0. The van der Waals surface area contributed by atoms with Gasteiger partial charge >= 0.3 is 0 Å². The third-order valence-corrected chi connectivity index (χ3v) is 6.28. The molecule has 0 radical (unpaired) electrons. The summed E-state index contributed by atoms with van der Waals surface area (Å²) in [5.74, 6) is 0.984. The number of hydrogen-bond acceptors (Lipinski definition) is 2. The zero-order valence-electron chi connectivity index (χ0n) is 12.7. The van der Waals surface area contributed by atoms with Crippen LogP contribution in [0.25, 0.3) is 0 Å². The van der Waals surface area contributed by atoms with E-state index in [0.29, 0.717) is 17.3 Å². The first-order valence-electron chi connectivity index (χ1n) is 8.35. The number of aliphatic hydroxyl groups excluding tert-OH is 1. The Morgan fingerprint density at radius 2 is 1.84 bits per heavy atom. The van der Waals surface area contributed by atoms with Crippen molar-refractivity contribution in [1.82, 2.24) is 0 Å². The minimum atomic E-state index is -0.100. The third-order valence-electron chi connectivity index (χ3n) is 6.28. The molecule has 110 valence electrons. The van der Waals surface area contributed by atoms with E-state index >= 15 is 0 Å². The third kappa shape index (κ3) is 2.58. The SMILES string of the molecule is CC1(C)CCCCC1C(O)C1CCOC2(CCC2)C1. The smallest absolute Gasteiger partial charge is 0.0686 e. The minimum absolute atomic E-state index is 0.100. The molecule has 1 heterocycles. The molecule has 0 aromatic heterocycles. The molecule has 1 aliphatic heterocycles. The molecular weight excluding hydrogens is 236 g/mol. The number of ether oxygens (including phenoxy) is 1. The van der Waals surface area contributed by atoms with Gasteiger partial charge in [0.1, 0.15) is 0 Å². The van der Waals surface area contributed by atoms with E-state index in [1.54, 1.807) is 0 Å². The van der Waals surface area contributed by atoms with E-state index < -0.39 is 0 Å². The molecule has 3 rings (SSSR count). The molecule has 1 saturated heterocycles. The van der Waals surface area contributed by atoms with Crippen LogP contribution in [-0.4, -0.2) is 23.4 Å². The van der Waals surface area contributed by atoms with Gasteiger partial charge in [-0.05, 0) is 62.2 Å². The number of aliphatic hydroxyl groups is 1. The predicted octanol–water partition coefficient (Wildman–Crippen LogP) is 3.91. The number of rotatable bonds is 2. The molecule has 1 N–H and O–H groups in total. The Morgan fingerprint density at radius 1 is 1.05 bits per heavy atom. The van der Waals surface area contributed by atoms with Crippen molar-refractivity contribution in [2.24, 2.45) is 17.3 Å². The van der Waals surface area contributed by atoms with Crippen molar-refractivity contribution in [2.75, 3.05) is 6.61 Å². The molecule has 0 aromatic rings. The zero-order chi connectivity index (χ0) is 13.5. The summed E-state index contributed by atoms with van der Waals surface area (Å²) in [7, 11) is 0. The van der Waals surface area contributed by atoms with Gasteiger partial charge in [-0.25, -0.2) is 0 Å². The zero-order valence-corrected chi connectivity index (χ0v) is 12.7. The molecule has 0 aromatic carbocycles. The summed E-state index contributed by atoms with van der Waals surface area (Å²) in [5.41, 5.74) is 0.492. The van der Waals surface area contributed by atoms with Crippen LogP contribution in [0.2, 0.25) is 0 Å². The molecule has 2 aliphatic carbocycles. The first kappa shape index (κ1) is 13.9. The summed E-state index contributed by atoms with van der Waals surface area (Å²) in [6.07, 6.45) is 11.0. The van der Waals surface area contributed by atoms with E-state index in [4.69, 9.17) is 4.74 Å². The highest BCUT2D eigenvalue weighted by Gasteiger charge is 2.47. The van der Waals surface area contributed by atoms with Gasteiger partial charge in [-0.2, -0.15) is 0 Å². The van der Waals surface area contributed by atoms with Crippen LogP contribution in [0.5, 0.6) is 0 Å². The van der Waals surface area contributed by atoms with Gasteiger partial charge in [-0.15, -0.1) is 0 Å². The van der Waals surface area contributed by atoms with Crippen LogP contribution in [-0.2, 0) is 4.74 Å². The molecule has 2 nitrogen and oxygen atoms in total. The lowest BCUT2D eigenvalue weighted by Crippen LogP contribution is -2.50. The summed E-state index contributed by atoms with van der Waals surface area (Å²) >= 11 is 0. The maximum atomic E-state index is 10.9. The molecule has 2 heteroatoms. The van der Waals surface area contributed by atoms with Crippen molar-refractivity contribution in [3.8, 4) is 0 Å². The van der Waals surface area contributed by atoms with Crippen LogP contribution in [0.4, 0.5) is 0 Å². The van der Waals surface area contributed by atoms with Gasteiger partial charge in [0.2, 0.25) is 0 Å². The van der Waals surface area contributed by atoms with Crippen LogP contribution in [0.3, 0.4) is 0 Å². The van der Waals surface area contributed by atoms with E-state index in [1.165, 1.54) is 44.9 Å². The molecule has 0 bridgehead atoms. The Hall–Kier alpha value is -0.0800. The minimum Gasteiger partial charge on any atom is -0.393 e. The molecule has 2 saturated carbocycles. The lowest BCUT2D eigenvalue weighted by molar-refractivity contribution is -0.167. The highest BCUT2D eigenvalue weighted by atomic mass is 16.5. The summed E-state index contributed by atoms with van der Waals surface area (Å²) < 4.78 is 6.01. The van der Waals surface area contributed by atoms with Crippen LogP contribution in [0, 0.1) is 17.3 Å². The van der Waals surface area contributed by atoms with Crippen molar-refractivity contribution in [2.45, 2.75) is 83.3 Å². The normalized spacial score (nSPS) is 38.7. The second kappa shape index (κ2) is 5.04. The summed E-state index contributed by atoms with van der Waals surface area (Å²) in [5, 5.41) is 10.9.